The molecule has 1 aromatic heterocycles. The number of rotatable bonds is 6. The van der Waals surface area contributed by atoms with Crippen molar-refractivity contribution in [3.8, 4) is 16.9 Å². The molecule has 2 aromatic carbocycles. The highest BCUT2D eigenvalue weighted by molar-refractivity contribution is 5.84. The van der Waals surface area contributed by atoms with Crippen molar-refractivity contribution >= 4 is 16.9 Å². The van der Waals surface area contributed by atoms with E-state index in [2.05, 4.69) is 5.32 Å². The second kappa shape index (κ2) is 8.71. The Bertz CT molecular complexity index is 1100. The van der Waals surface area contributed by atoms with Crippen LogP contribution in [0.1, 0.15) is 25.5 Å². The molecule has 30 heavy (non-hydrogen) atoms. The molecule has 1 N–H and O–H groups in total. The van der Waals surface area contributed by atoms with Gasteiger partial charge in [0.05, 0.1) is 17.1 Å². The SMILES string of the molecule is Cc1oc2cc(O[C@H](C)C(=O)NC[C@@H]3CCCO3)ccc2c(=O)c1-c1ccccc1. The van der Waals surface area contributed by atoms with E-state index in [4.69, 9.17) is 13.9 Å². The second-order valence-electron chi connectivity index (χ2n) is 7.53. The third-order valence-electron chi connectivity index (χ3n) is 5.31. The van der Waals surface area contributed by atoms with Crippen LogP contribution in [0.4, 0.5) is 0 Å². The van der Waals surface area contributed by atoms with Gasteiger partial charge in [0.25, 0.3) is 5.91 Å². The molecule has 1 amide bonds. The predicted octanol–water partition coefficient (Wildman–Crippen LogP) is 3.83. The summed E-state index contributed by atoms with van der Waals surface area (Å²) in [6, 6.07) is 14.5. The summed E-state index contributed by atoms with van der Waals surface area (Å²) in [5, 5.41) is 3.34. The molecule has 6 heteroatoms. The van der Waals surface area contributed by atoms with Crippen molar-refractivity contribution in [3.05, 3.63) is 64.5 Å². The fourth-order valence-corrected chi connectivity index (χ4v) is 3.72. The number of amides is 1. The van der Waals surface area contributed by atoms with Gasteiger partial charge in [-0.15, -0.1) is 0 Å². The van der Waals surface area contributed by atoms with E-state index in [1.807, 2.05) is 30.3 Å². The number of carbonyl (C=O) groups is 1. The van der Waals surface area contributed by atoms with Crippen LogP contribution in [0.2, 0.25) is 0 Å². The van der Waals surface area contributed by atoms with Crippen molar-refractivity contribution in [1.29, 1.82) is 0 Å². The number of fused-ring (bicyclic) bond motifs is 1. The third kappa shape index (κ3) is 4.24. The molecular weight excluding hydrogens is 382 g/mol. The van der Waals surface area contributed by atoms with Crippen LogP contribution in [0, 0.1) is 6.92 Å². The highest BCUT2D eigenvalue weighted by Gasteiger charge is 2.20. The normalized spacial score (nSPS) is 17.1. The van der Waals surface area contributed by atoms with Crippen molar-refractivity contribution in [2.24, 2.45) is 0 Å². The van der Waals surface area contributed by atoms with Crippen LogP contribution in [-0.4, -0.2) is 31.3 Å². The highest BCUT2D eigenvalue weighted by atomic mass is 16.5. The lowest BCUT2D eigenvalue weighted by molar-refractivity contribution is -0.127. The average molecular weight is 407 g/mol. The maximum atomic E-state index is 13.0. The Hall–Kier alpha value is -3.12. The van der Waals surface area contributed by atoms with E-state index in [-0.39, 0.29) is 17.4 Å². The summed E-state index contributed by atoms with van der Waals surface area (Å²) in [5.41, 5.74) is 1.72. The molecule has 2 atom stereocenters. The van der Waals surface area contributed by atoms with E-state index in [1.54, 1.807) is 32.0 Å². The summed E-state index contributed by atoms with van der Waals surface area (Å²) in [7, 11) is 0. The zero-order valence-corrected chi connectivity index (χ0v) is 17.1. The summed E-state index contributed by atoms with van der Waals surface area (Å²) in [4.78, 5) is 25.3. The molecule has 0 radical (unpaired) electrons. The van der Waals surface area contributed by atoms with Gasteiger partial charge in [0, 0.05) is 19.2 Å². The van der Waals surface area contributed by atoms with Crippen LogP contribution in [-0.2, 0) is 9.53 Å². The van der Waals surface area contributed by atoms with E-state index in [9.17, 15) is 9.59 Å². The number of hydrogen-bond donors (Lipinski definition) is 1. The molecule has 0 spiro atoms. The number of ether oxygens (including phenoxy) is 2. The van der Waals surface area contributed by atoms with Crippen molar-refractivity contribution in [2.45, 2.75) is 38.9 Å². The molecule has 1 aliphatic heterocycles. The van der Waals surface area contributed by atoms with Gasteiger partial charge in [-0.2, -0.15) is 0 Å². The van der Waals surface area contributed by atoms with Gasteiger partial charge >= 0.3 is 0 Å². The zero-order chi connectivity index (χ0) is 21.1. The van der Waals surface area contributed by atoms with E-state index >= 15 is 0 Å². The van der Waals surface area contributed by atoms with Crippen LogP contribution in [0.5, 0.6) is 5.75 Å². The van der Waals surface area contributed by atoms with Gasteiger partial charge in [0.1, 0.15) is 17.1 Å². The van der Waals surface area contributed by atoms with Crippen molar-refractivity contribution in [2.75, 3.05) is 13.2 Å². The standard InChI is InChI=1S/C24H25NO5/c1-15-22(17-7-4-3-5-8-17)23(26)20-11-10-18(13-21(20)30-15)29-16(2)24(27)25-14-19-9-6-12-28-19/h3-5,7-8,10-11,13,16,19H,6,9,12,14H2,1-2H3,(H,25,27)/t16-,19+/m1/s1. The molecule has 0 bridgehead atoms. The molecule has 1 aliphatic rings. The lowest BCUT2D eigenvalue weighted by atomic mass is 10.0. The van der Waals surface area contributed by atoms with Crippen LogP contribution >= 0.6 is 0 Å². The summed E-state index contributed by atoms with van der Waals surface area (Å²) in [6.45, 7) is 4.70. The van der Waals surface area contributed by atoms with Gasteiger partial charge in [-0.05, 0) is 44.4 Å². The van der Waals surface area contributed by atoms with Crippen LogP contribution in [0.15, 0.2) is 57.7 Å². The summed E-state index contributed by atoms with van der Waals surface area (Å²) in [6.07, 6.45) is 1.39. The smallest absolute Gasteiger partial charge is 0.260 e. The monoisotopic (exact) mass is 407 g/mol. The number of aryl methyl sites for hydroxylation is 1. The van der Waals surface area contributed by atoms with E-state index in [1.165, 1.54) is 0 Å². The minimum Gasteiger partial charge on any atom is -0.481 e. The Labute approximate surface area is 174 Å². The fraction of sp³-hybridized carbons (Fsp3) is 0.333. The molecule has 4 rings (SSSR count). The van der Waals surface area contributed by atoms with E-state index in [0.29, 0.717) is 34.6 Å². The number of benzene rings is 2. The molecule has 0 aliphatic carbocycles. The second-order valence-corrected chi connectivity index (χ2v) is 7.53. The Morgan fingerprint density at radius 1 is 1.23 bits per heavy atom. The van der Waals surface area contributed by atoms with Gasteiger partial charge in [-0.3, -0.25) is 9.59 Å². The lowest BCUT2D eigenvalue weighted by Crippen LogP contribution is -2.40. The third-order valence-corrected chi connectivity index (χ3v) is 5.31. The molecule has 3 aromatic rings. The van der Waals surface area contributed by atoms with E-state index in [0.717, 1.165) is 25.0 Å². The van der Waals surface area contributed by atoms with Gasteiger partial charge in [-0.1, -0.05) is 30.3 Å². The molecule has 0 unspecified atom stereocenters. The quantitative estimate of drug-likeness (QED) is 0.672. The molecule has 0 saturated carbocycles. The Kier molecular flexibility index (Phi) is 5.86. The first kappa shape index (κ1) is 20.2. The molecule has 156 valence electrons. The summed E-state index contributed by atoms with van der Waals surface area (Å²) in [5.74, 6) is 0.804. The van der Waals surface area contributed by atoms with Crippen molar-refractivity contribution < 1.29 is 18.7 Å². The van der Waals surface area contributed by atoms with Crippen LogP contribution < -0.4 is 15.5 Å². The molecule has 6 nitrogen and oxygen atoms in total. The first-order valence-corrected chi connectivity index (χ1v) is 10.2. The largest absolute Gasteiger partial charge is 0.481 e. The predicted molar refractivity (Wildman–Crippen MR) is 115 cm³/mol. The highest BCUT2D eigenvalue weighted by Crippen LogP contribution is 2.26. The first-order valence-electron chi connectivity index (χ1n) is 10.2. The van der Waals surface area contributed by atoms with Gasteiger partial charge in [-0.25, -0.2) is 0 Å². The Morgan fingerprint density at radius 3 is 2.77 bits per heavy atom. The first-order chi connectivity index (χ1) is 14.5. The van der Waals surface area contributed by atoms with Gasteiger partial charge in [0.2, 0.25) is 5.43 Å². The summed E-state index contributed by atoms with van der Waals surface area (Å²) < 4.78 is 17.2. The molecule has 2 heterocycles. The maximum Gasteiger partial charge on any atom is 0.260 e. The Balaban J connectivity index is 1.52. The van der Waals surface area contributed by atoms with Gasteiger partial charge in [0.15, 0.2) is 6.10 Å². The average Bonchev–Trinajstić information content (AvgIpc) is 3.26. The Morgan fingerprint density at radius 2 is 2.03 bits per heavy atom. The topological polar surface area (TPSA) is 77.8 Å². The van der Waals surface area contributed by atoms with Crippen LogP contribution in [0.25, 0.3) is 22.1 Å². The van der Waals surface area contributed by atoms with Crippen LogP contribution in [0.3, 0.4) is 0 Å². The molecule has 1 fully saturated rings. The zero-order valence-electron chi connectivity index (χ0n) is 17.1. The fourth-order valence-electron chi connectivity index (χ4n) is 3.72. The maximum absolute atomic E-state index is 13.0. The van der Waals surface area contributed by atoms with E-state index < -0.39 is 6.10 Å². The molecular formula is C24H25NO5. The molecule has 1 saturated heterocycles. The number of hydrogen-bond acceptors (Lipinski definition) is 5. The minimum absolute atomic E-state index is 0.0814. The lowest BCUT2D eigenvalue weighted by Gasteiger charge is -2.17. The van der Waals surface area contributed by atoms with Gasteiger partial charge < -0.3 is 19.2 Å². The number of nitrogens with one attached hydrogen (secondary N) is 1. The number of carbonyl (C=O) groups excluding carboxylic acids is 1. The van der Waals surface area contributed by atoms with Crippen molar-refractivity contribution in [3.63, 3.8) is 0 Å². The minimum atomic E-state index is -0.680. The summed E-state index contributed by atoms with van der Waals surface area (Å²) >= 11 is 0. The van der Waals surface area contributed by atoms with Crippen molar-refractivity contribution in [1.82, 2.24) is 5.32 Å².